The predicted molar refractivity (Wildman–Crippen MR) is 98.5 cm³/mol. The molecule has 2 rings (SSSR count). The number of hydrogen-bond donors (Lipinski definition) is 2. The van der Waals surface area contributed by atoms with Crippen LogP contribution < -0.4 is 15.8 Å². The minimum absolute atomic E-state index is 0.224. The van der Waals surface area contributed by atoms with E-state index in [9.17, 15) is 9.59 Å². The van der Waals surface area contributed by atoms with E-state index in [1.54, 1.807) is 18.2 Å². The summed E-state index contributed by atoms with van der Waals surface area (Å²) in [5, 5.41) is 3.88. The van der Waals surface area contributed by atoms with Gasteiger partial charge >= 0.3 is 0 Å². The van der Waals surface area contributed by atoms with Gasteiger partial charge in [0.25, 0.3) is 5.91 Å². The van der Waals surface area contributed by atoms with Gasteiger partial charge in [0.2, 0.25) is 5.91 Å². The number of aryl methyl sites for hydroxylation is 2. The van der Waals surface area contributed by atoms with Crippen LogP contribution in [0.2, 0.25) is 0 Å². The Labute approximate surface area is 151 Å². The van der Waals surface area contributed by atoms with Gasteiger partial charge < -0.3 is 9.42 Å². The molecule has 0 radical (unpaired) electrons. The zero-order valence-corrected chi connectivity index (χ0v) is 15.6. The average Bonchev–Trinajstić information content (AvgIpc) is 2.91. The maximum atomic E-state index is 12.1. The van der Waals surface area contributed by atoms with Crippen molar-refractivity contribution >= 4 is 29.3 Å². The van der Waals surface area contributed by atoms with Crippen LogP contribution in [0.5, 0.6) is 0 Å². The molecule has 1 aromatic carbocycles. The van der Waals surface area contributed by atoms with Crippen LogP contribution in [0, 0.1) is 13.8 Å². The van der Waals surface area contributed by atoms with E-state index in [-0.39, 0.29) is 17.6 Å². The molecule has 134 valence electrons. The van der Waals surface area contributed by atoms with E-state index in [0.29, 0.717) is 11.3 Å². The Morgan fingerprint density at radius 1 is 1.24 bits per heavy atom. The quantitative estimate of drug-likeness (QED) is 0.765. The van der Waals surface area contributed by atoms with Gasteiger partial charge in [-0.3, -0.25) is 20.4 Å². The Kier molecular flexibility index (Phi) is 6.46. The van der Waals surface area contributed by atoms with Crippen molar-refractivity contribution in [2.24, 2.45) is 0 Å². The third-order valence-corrected chi connectivity index (χ3v) is 4.56. The van der Waals surface area contributed by atoms with Crippen molar-refractivity contribution in [2.45, 2.75) is 19.6 Å². The van der Waals surface area contributed by atoms with Crippen LogP contribution in [0.4, 0.5) is 5.69 Å². The summed E-state index contributed by atoms with van der Waals surface area (Å²) in [7, 11) is 3.80. The topological polar surface area (TPSA) is 87.5 Å². The molecular formula is C17H22N4O3S. The zero-order valence-electron chi connectivity index (χ0n) is 14.8. The highest BCUT2D eigenvalue weighted by molar-refractivity contribution is 7.99. The number of carbonyl (C=O) groups is 2. The number of nitrogens with one attached hydrogen (secondary N) is 2. The van der Waals surface area contributed by atoms with Gasteiger partial charge in [-0.1, -0.05) is 11.2 Å². The summed E-state index contributed by atoms with van der Waals surface area (Å²) < 4.78 is 5.08. The van der Waals surface area contributed by atoms with Crippen LogP contribution >= 0.6 is 11.8 Å². The lowest BCUT2D eigenvalue weighted by atomic mass is 10.2. The van der Waals surface area contributed by atoms with E-state index in [1.807, 2.05) is 38.9 Å². The second kappa shape index (κ2) is 8.57. The molecule has 7 nitrogen and oxygen atoms in total. The van der Waals surface area contributed by atoms with Gasteiger partial charge in [-0.25, -0.2) is 0 Å². The van der Waals surface area contributed by atoms with Crippen LogP contribution in [0.15, 0.2) is 28.8 Å². The number of rotatable bonds is 6. The SMILES string of the molecule is Cc1noc(C)c1CSCC(=O)NNC(=O)c1cccc(N(C)C)c1. The number of carbonyl (C=O) groups excluding carboxylic acids is 2. The highest BCUT2D eigenvalue weighted by Crippen LogP contribution is 2.19. The van der Waals surface area contributed by atoms with E-state index < -0.39 is 0 Å². The van der Waals surface area contributed by atoms with E-state index in [2.05, 4.69) is 16.0 Å². The normalized spacial score (nSPS) is 10.4. The van der Waals surface area contributed by atoms with Crippen molar-refractivity contribution in [3.05, 3.63) is 46.8 Å². The summed E-state index contributed by atoms with van der Waals surface area (Å²) in [4.78, 5) is 25.9. The van der Waals surface area contributed by atoms with Gasteiger partial charge in [0.1, 0.15) is 5.76 Å². The number of thioether (sulfide) groups is 1. The number of hydrogen-bond acceptors (Lipinski definition) is 6. The second-order valence-electron chi connectivity index (χ2n) is 5.74. The Bertz CT molecular complexity index is 739. The van der Waals surface area contributed by atoms with Gasteiger partial charge in [0.15, 0.2) is 0 Å². The average molecular weight is 362 g/mol. The molecule has 0 atom stereocenters. The van der Waals surface area contributed by atoms with Crippen molar-refractivity contribution in [2.75, 3.05) is 24.7 Å². The molecule has 8 heteroatoms. The molecule has 2 amide bonds. The summed E-state index contributed by atoms with van der Waals surface area (Å²) in [6.45, 7) is 3.71. The third kappa shape index (κ3) is 5.25. The molecule has 0 saturated heterocycles. The molecule has 25 heavy (non-hydrogen) atoms. The Morgan fingerprint density at radius 2 is 2.00 bits per heavy atom. The molecule has 1 aromatic heterocycles. The van der Waals surface area contributed by atoms with E-state index in [1.165, 1.54) is 11.8 Å². The highest BCUT2D eigenvalue weighted by Gasteiger charge is 2.11. The molecule has 2 N–H and O–H groups in total. The zero-order chi connectivity index (χ0) is 18.4. The van der Waals surface area contributed by atoms with Crippen molar-refractivity contribution in [1.29, 1.82) is 0 Å². The van der Waals surface area contributed by atoms with Crippen LogP contribution in [0.25, 0.3) is 0 Å². The lowest BCUT2D eigenvalue weighted by molar-refractivity contribution is -0.119. The molecule has 0 aliphatic rings. The van der Waals surface area contributed by atoms with Crippen molar-refractivity contribution < 1.29 is 14.1 Å². The first kappa shape index (κ1) is 18.9. The van der Waals surface area contributed by atoms with E-state index in [4.69, 9.17) is 4.52 Å². The second-order valence-corrected chi connectivity index (χ2v) is 6.73. The summed E-state index contributed by atoms with van der Waals surface area (Å²) in [5.74, 6) is 0.997. The minimum Gasteiger partial charge on any atom is -0.378 e. The molecule has 0 bridgehead atoms. The van der Waals surface area contributed by atoms with E-state index in [0.717, 1.165) is 22.7 Å². The molecule has 0 spiro atoms. The largest absolute Gasteiger partial charge is 0.378 e. The fraction of sp³-hybridized carbons (Fsp3) is 0.353. The Morgan fingerprint density at radius 3 is 2.64 bits per heavy atom. The third-order valence-electron chi connectivity index (χ3n) is 3.60. The minimum atomic E-state index is -0.354. The maximum Gasteiger partial charge on any atom is 0.269 e. The molecule has 0 aliphatic carbocycles. The monoisotopic (exact) mass is 362 g/mol. The van der Waals surface area contributed by atoms with Gasteiger partial charge in [0.05, 0.1) is 11.4 Å². The lowest BCUT2D eigenvalue weighted by Gasteiger charge is -2.13. The Hall–Kier alpha value is -2.48. The van der Waals surface area contributed by atoms with Crippen LogP contribution in [-0.4, -0.2) is 36.8 Å². The van der Waals surface area contributed by atoms with Gasteiger partial charge in [-0.05, 0) is 32.0 Å². The van der Waals surface area contributed by atoms with E-state index >= 15 is 0 Å². The van der Waals surface area contributed by atoms with Crippen molar-refractivity contribution in [1.82, 2.24) is 16.0 Å². The standard InChI is InChI=1S/C17H22N4O3S/c1-11-15(12(2)24-20-11)9-25-10-16(22)18-19-17(23)13-6-5-7-14(8-13)21(3)4/h5-8H,9-10H2,1-4H3,(H,18,22)(H,19,23). The fourth-order valence-corrected chi connectivity index (χ4v) is 3.09. The predicted octanol–water partition coefficient (Wildman–Crippen LogP) is 2.05. The number of aromatic nitrogens is 1. The maximum absolute atomic E-state index is 12.1. The summed E-state index contributed by atoms with van der Waals surface area (Å²) >= 11 is 1.43. The van der Waals surface area contributed by atoms with Gasteiger partial charge in [0, 0.05) is 36.7 Å². The van der Waals surface area contributed by atoms with Crippen LogP contribution in [-0.2, 0) is 10.5 Å². The molecule has 0 unspecified atom stereocenters. The van der Waals surface area contributed by atoms with Crippen LogP contribution in [0.1, 0.15) is 27.4 Å². The molecule has 2 aromatic rings. The number of nitrogens with zero attached hydrogens (tertiary/aromatic N) is 2. The molecule has 0 aliphatic heterocycles. The first-order chi connectivity index (χ1) is 11.9. The molecule has 0 saturated carbocycles. The summed E-state index contributed by atoms with van der Waals surface area (Å²) in [6, 6.07) is 7.15. The van der Waals surface area contributed by atoms with Crippen LogP contribution in [0.3, 0.4) is 0 Å². The number of anilines is 1. The van der Waals surface area contributed by atoms with Gasteiger partial charge in [-0.2, -0.15) is 0 Å². The molecular weight excluding hydrogens is 340 g/mol. The number of hydrazine groups is 1. The van der Waals surface area contributed by atoms with Gasteiger partial charge in [-0.15, -0.1) is 11.8 Å². The molecule has 1 heterocycles. The number of amides is 2. The van der Waals surface area contributed by atoms with Crippen molar-refractivity contribution in [3.63, 3.8) is 0 Å². The highest BCUT2D eigenvalue weighted by atomic mass is 32.2. The Balaban J connectivity index is 1.78. The first-order valence-electron chi connectivity index (χ1n) is 7.74. The molecule has 0 fully saturated rings. The fourth-order valence-electron chi connectivity index (χ4n) is 2.11. The smallest absolute Gasteiger partial charge is 0.269 e. The lowest BCUT2D eigenvalue weighted by Crippen LogP contribution is -2.42. The van der Waals surface area contributed by atoms with Crippen molar-refractivity contribution in [3.8, 4) is 0 Å². The first-order valence-corrected chi connectivity index (χ1v) is 8.90. The summed E-state index contributed by atoms with van der Waals surface area (Å²) in [5.41, 5.74) is 8.08. The number of benzene rings is 1. The summed E-state index contributed by atoms with van der Waals surface area (Å²) in [6.07, 6.45) is 0.